The summed E-state index contributed by atoms with van der Waals surface area (Å²) in [7, 11) is 0. The number of guanidine groups is 1. The normalized spacial score (nSPS) is 16.8. The van der Waals surface area contributed by atoms with Crippen LogP contribution in [0.3, 0.4) is 0 Å². The van der Waals surface area contributed by atoms with Gasteiger partial charge < -0.3 is 10.6 Å². The molecule has 1 aromatic carbocycles. The molecule has 0 radical (unpaired) electrons. The Labute approximate surface area is 153 Å². The van der Waals surface area contributed by atoms with E-state index in [4.69, 9.17) is 11.6 Å². The van der Waals surface area contributed by atoms with Crippen LogP contribution in [-0.4, -0.2) is 42.3 Å². The number of halogens is 1. The number of nitrogens with one attached hydrogen (secondary N) is 2. The Morgan fingerprint density at radius 3 is 2.60 bits per heavy atom. The van der Waals surface area contributed by atoms with E-state index in [1.54, 1.807) is 0 Å². The summed E-state index contributed by atoms with van der Waals surface area (Å²) in [6, 6.07) is 7.63. The van der Waals surface area contributed by atoms with Gasteiger partial charge in [-0.25, -0.2) is 0 Å². The molecule has 2 N–H and O–H groups in total. The fourth-order valence-corrected chi connectivity index (χ4v) is 3.04. The number of hydrogen-bond donors (Lipinski definition) is 2. The van der Waals surface area contributed by atoms with Crippen LogP contribution in [0.4, 0.5) is 0 Å². The standard InChI is InChI=1S/C18H25ClN4O2/c1-3-20-18(22-13(2)14-7-4-5-8-15(14)19)21-11-12-23-16(24)9-6-10-17(23)25/h4-5,7-8,13H,3,6,9-12H2,1-2H3,(H2,20,21,22). The molecule has 1 heterocycles. The van der Waals surface area contributed by atoms with E-state index in [0.29, 0.717) is 49.9 Å². The average Bonchev–Trinajstić information content (AvgIpc) is 2.58. The van der Waals surface area contributed by atoms with Gasteiger partial charge in [-0.3, -0.25) is 19.5 Å². The number of amides is 2. The molecule has 1 saturated heterocycles. The van der Waals surface area contributed by atoms with Gasteiger partial charge in [0.05, 0.1) is 12.6 Å². The highest BCUT2D eigenvalue weighted by Gasteiger charge is 2.25. The van der Waals surface area contributed by atoms with Gasteiger partial charge in [0.1, 0.15) is 0 Å². The zero-order valence-electron chi connectivity index (χ0n) is 14.7. The van der Waals surface area contributed by atoms with E-state index in [-0.39, 0.29) is 17.9 Å². The topological polar surface area (TPSA) is 73.8 Å². The zero-order chi connectivity index (χ0) is 18.2. The molecule has 1 aliphatic heterocycles. The van der Waals surface area contributed by atoms with Crippen LogP contribution in [0.2, 0.25) is 5.02 Å². The predicted octanol–water partition coefficient (Wildman–Crippen LogP) is 2.50. The highest BCUT2D eigenvalue weighted by atomic mass is 35.5. The van der Waals surface area contributed by atoms with E-state index in [2.05, 4.69) is 15.6 Å². The summed E-state index contributed by atoms with van der Waals surface area (Å²) in [5.41, 5.74) is 0.983. The number of carbonyl (C=O) groups is 2. The number of benzene rings is 1. The third-order valence-electron chi connectivity index (χ3n) is 4.05. The van der Waals surface area contributed by atoms with Gasteiger partial charge in [0.2, 0.25) is 11.8 Å². The van der Waals surface area contributed by atoms with Crippen LogP contribution < -0.4 is 10.6 Å². The van der Waals surface area contributed by atoms with E-state index in [1.165, 1.54) is 4.90 Å². The number of imide groups is 1. The first kappa shape index (κ1) is 19.2. The Morgan fingerprint density at radius 2 is 1.96 bits per heavy atom. The van der Waals surface area contributed by atoms with E-state index >= 15 is 0 Å². The largest absolute Gasteiger partial charge is 0.357 e. The second-order valence-electron chi connectivity index (χ2n) is 5.94. The maximum Gasteiger partial charge on any atom is 0.229 e. The lowest BCUT2D eigenvalue weighted by Crippen LogP contribution is -2.43. The molecule has 2 amide bonds. The first-order valence-corrected chi connectivity index (χ1v) is 9.03. The summed E-state index contributed by atoms with van der Waals surface area (Å²) in [4.78, 5) is 29.4. The van der Waals surface area contributed by atoms with E-state index in [0.717, 1.165) is 5.56 Å². The minimum Gasteiger partial charge on any atom is -0.357 e. The molecule has 7 heteroatoms. The van der Waals surface area contributed by atoms with Crippen LogP contribution in [0.1, 0.15) is 44.7 Å². The lowest BCUT2D eigenvalue weighted by atomic mass is 10.1. The van der Waals surface area contributed by atoms with Crippen molar-refractivity contribution in [2.24, 2.45) is 4.99 Å². The zero-order valence-corrected chi connectivity index (χ0v) is 15.5. The maximum absolute atomic E-state index is 11.8. The predicted molar refractivity (Wildman–Crippen MR) is 99.6 cm³/mol. The highest BCUT2D eigenvalue weighted by Crippen LogP contribution is 2.21. The Morgan fingerprint density at radius 1 is 1.28 bits per heavy atom. The number of likely N-dealkylation sites (tertiary alicyclic amines) is 1. The fraction of sp³-hybridized carbons (Fsp3) is 0.500. The van der Waals surface area contributed by atoms with Gasteiger partial charge in [-0.15, -0.1) is 0 Å². The summed E-state index contributed by atoms with van der Waals surface area (Å²) < 4.78 is 0. The van der Waals surface area contributed by atoms with Gasteiger partial charge in [0.25, 0.3) is 0 Å². The molecule has 0 aliphatic carbocycles. The molecule has 1 aliphatic rings. The van der Waals surface area contributed by atoms with Crippen molar-refractivity contribution < 1.29 is 9.59 Å². The van der Waals surface area contributed by atoms with Crippen molar-refractivity contribution >= 4 is 29.4 Å². The van der Waals surface area contributed by atoms with E-state index < -0.39 is 0 Å². The molecule has 6 nitrogen and oxygen atoms in total. The third kappa shape index (κ3) is 5.46. The molecule has 1 fully saturated rings. The van der Waals surface area contributed by atoms with E-state index in [9.17, 15) is 9.59 Å². The molecule has 0 saturated carbocycles. The van der Waals surface area contributed by atoms with Gasteiger partial charge in [-0.05, 0) is 31.9 Å². The first-order chi connectivity index (χ1) is 12.0. The molecule has 1 atom stereocenters. The Bertz CT molecular complexity index is 632. The number of piperidine rings is 1. The minimum absolute atomic E-state index is 0.0234. The Balaban J connectivity index is 1.97. The Hall–Kier alpha value is -2.08. The molecule has 25 heavy (non-hydrogen) atoms. The molecular formula is C18H25ClN4O2. The quantitative estimate of drug-likeness (QED) is 0.462. The van der Waals surface area contributed by atoms with Crippen molar-refractivity contribution in [1.82, 2.24) is 15.5 Å². The van der Waals surface area contributed by atoms with Crippen molar-refractivity contribution in [1.29, 1.82) is 0 Å². The monoisotopic (exact) mass is 364 g/mol. The van der Waals surface area contributed by atoms with Crippen LogP contribution in [0.15, 0.2) is 29.3 Å². The lowest BCUT2D eigenvalue weighted by Gasteiger charge is -2.24. The first-order valence-electron chi connectivity index (χ1n) is 8.65. The number of hydrogen-bond acceptors (Lipinski definition) is 3. The van der Waals surface area contributed by atoms with Crippen LogP contribution in [0, 0.1) is 0 Å². The summed E-state index contributed by atoms with van der Waals surface area (Å²) in [6.07, 6.45) is 1.53. The molecular weight excluding hydrogens is 340 g/mol. The maximum atomic E-state index is 11.8. The minimum atomic E-state index is -0.103. The number of aliphatic imine (C=N–C) groups is 1. The van der Waals surface area contributed by atoms with Crippen molar-refractivity contribution in [3.63, 3.8) is 0 Å². The molecule has 1 unspecified atom stereocenters. The second kappa shape index (κ2) is 9.42. The highest BCUT2D eigenvalue weighted by molar-refractivity contribution is 6.31. The summed E-state index contributed by atoms with van der Waals surface area (Å²) in [6.45, 7) is 5.38. The summed E-state index contributed by atoms with van der Waals surface area (Å²) >= 11 is 6.24. The third-order valence-corrected chi connectivity index (χ3v) is 4.39. The molecule has 0 aromatic heterocycles. The van der Waals surface area contributed by atoms with Gasteiger partial charge in [-0.2, -0.15) is 0 Å². The SMILES string of the molecule is CCNC(=NCCN1C(=O)CCCC1=O)NC(C)c1ccccc1Cl. The molecule has 2 rings (SSSR count). The number of rotatable bonds is 6. The van der Waals surface area contributed by atoms with E-state index in [1.807, 2.05) is 38.1 Å². The average molecular weight is 365 g/mol. The summed E-state index contributed by atoms with van der Waals surface area (Å²) in [5.74, 6) is 0.425. The number of nitrogens with zero attached hydrogens (tertiary/aromatic N) is 2. The summed E-state index contributed by atoms with van der Waals surface area (Å²) in [5, 5.41) is 7.17. The number of carbonyl (C=O) groups excluding carboxylic acids is 2. The van der Waals surface area contributed by atoms with Gasteiger partial charge in [-0.1, -0.05) is 29.8 Å². The molecule has 1 aromatic rings. The van der Waals surface area contributed by atoms with Crippen LogP contribution >= 0.6 is 11.6 Å². The lowest BCUT2D eigenvalue weighted by molar-refractivity contribution is -0.147. The van der Waals surface area contributed by atoms with Gasteiger partial charge >= 0.3 is 0 Å². The van der Waals surface area contributed by atoms with Crippen LogP contribution in [0.5, 0.6) is 0 Å². The molecule has 0 spiro atoms. The molecule has 0 bridgehead atoms. The van der Waals surface area contributed by atoms with Crippen molar-refractivity contribution in [3.05, 3.63) is 34.9 Å². The van der Waals surface area contributed by atoms with Crippen LogP contribution in [0.25, 0.3) is 0 Å². The van der Waals surface area contributed by atoms with Crippen LogP contribution in [-0.2, 0) is 9.59 Å². The fourth-order valence-electron chi connectivity index (χ4n) is 2.74. The smallest absolute Gasteiger partial charge is 0.229 e. The Kier molecular flexibility index (Phi) is 7.25. The van der Waals surface area contributed by atoms with Crippen molar-refractivity contribution in [2.75, 3.05) is 19.6 Å². The van der Waals surface area contributed by atoms with Gasteiger partial charge in [0, 0.05) is 31.0 Å². The van der Waals surface area contributed by atoms with Crippen molar-refractivity contribution in [3.8, 4) is 0 Å². The van der Waals surface area contributed by atoms with Gasteiger partial charge in [0.15, 0.2) is 5.96 Å². The second-order valence-corrected chi connectivity index (χ2v) is 6.35. The molecule has 136 valence electrons. The van der Waals surface area contributed by atoms with Crippen molar-refractivity contribution in [2.45, 2.75) is 39.2 Å².